The Morgan fingerprint density at radius 1 is 1.25 bits per heavy atom. The van der Waals surface area contributed by atoms with Crippen LogP contribution < -0.4 is 0 Å². The second-order valence-corrected chi connectivity index (χ2v) is 5.75. The van der Waals surface area contributed by atoms with Gasteiger partial charge in [0.2, 0.25) is 5.76 Å². The first-order valence-electron chi connectivity index (χ1n) is 7.92. The van der Waals surface area contributed by atoms with E-state index < -0.39 is 0 Å². The minimum Gasteiger partial charge on any atom is -0.491 e. The zero-order valence-electron chi connectivity index (χ0n) is 14.1. The number of nitrogens with one attached hydrogen (secondary N) is 1. The average molecular weight is 327 g/mol. The quantitative estimate of drug-likeness (QED) is 0.937. The van der Waals surface area contributed by atoms with Gasteiger partial charge in [-0.05, 0) is 19.9 Å². The smallest absolute Gasteiger partial charge is 0.292 e. The zero-order valence-corrected chi connectivity index (χ0v) is 14.1. The number of H-pyrrole nitrogens is 1. The van der Waals surface area contributed by atoms with Crippen molar-refractivity contribution in [1.82, 2.24) is 15.1 Å². The predicted molar refractivity (Wildman–Crippen MR) is 89.8 cm³/mol. The van der Waals surface area contributed by atoms with Gasteiger partial charge in [-0.25, -0.2) is 0 Å². The van der Waals surface area contributed by atoms with Crippen LogP contribution in [0.2, 0.25) is 0 Å². The predicted octanol–water partition coefficient (Wildman–Crippen LogP) is 2.87. The van der Waals surface area contributed by atoms with Crippen LogP contribution in [0, 0.1) is 0 Å². The van der Waals surface area contributed by atoms with E-state index in [9.17, 15) is 4.79 Å². The third kappa shape index (κ3) is 3.13. The Labute approximate surface area is 141 Å². The molecule has 6 heteroatoms. The molecule has 0 bridgehead atoms. The number of carbonyl (C=O) groups is 1. The van der Waals surface area contributed by atoms with E-state index in [0.29, 0.717) is 19.0 Å². The SMILES string of the molecule is CC1=C(C(=O)N(C)C(C)c2cc(-c3ccccc3)n[nH]2)OCCO1. The second kappa shape index (κ2) is 6.78. The van der Waals surface area contributed by atoms with Crippen LogP contribution in [-0.2, 0) is 14.3 Å². The summed E-state index contributed by atoms with van der Waals surface area (Å²) in [7, 11) is 1.74. The Hall–Kier alpha value is -2.76. The van der Waals surface area contributed by atoms with Gasteiger partial charge in [0.05, 0.1) is 17.4 Å². The highest BCUT2D eigenvalue weighted by atomic mass is 16.6. The monoisotopic (exact) mass is 327 g/mol. The van der Waals surface area contributed by atoms with Gasteiger partial charge >= 0.3 is 0 Å². The molecule has 1 atom stereocenters. The number of amides is 1. The molecule has 1 aliphatic rings. The lowest BCUT2D eigenvalue weighted by atomic mass is 10.1. The van der Waals surface area contributed by atoms with Crippen molar-refractivity contribution in [2.45, 2.75) is 19.9 Å². The molecule has 3 rings (SSSR count). The molecule has 1 amide bonds. The van der Waals surface area contributed by atoms with Crippen LogP contribution in [0.3, 0.4) is 0 Å². The maximum atomic E-state index is 12.6. The van der Waals surface area contributed by atoms with Gasteiger partial charge < -0.3 is 14.4 Å². The van der Waals surface area contributed by atoms with Crippen molar-refractivity contribution in [1.29, 1.82) is 0 Å². The van der Waals surface area contributed by atoms with Gasteiger partial charge in [0.1, 0.15) is 19.0 Å². The van der Waals surface area contributed by atoms with Crippen LogP contribution in [0.15, 0.2) is 47.9 Å². The lowest BCUT2D eigenvalue weighted by molar-refractivity contribution is -0.133. The Morgan fingerprint density at radius 2 is 1.96 bits per heavy atom. The molecule has 24 heavy (non-hydrogen) atoms. The van der Waals surface area contributed by atoms with Crippen molar-refractivity contribution in [3.05, 3.63) is 53.6 Å². The number of hydrogen-bond donors (Lipinski definition) is 1. The fourth-order valence-electron chi connectivity index (χ4n) is 2.57. The first-order valence-corrected chi connectivity index (χ1v) is 7.92. The Kier molecular flexibility index (Phi) is 4.55. The Morgan fingerprint density at radius 3 is 2.67 bits per heavy atom. The summed E-state index contributed by atoms with van der Waals surface area (Å²) in [6, 6.07) is 11.7. The van der Waals surface area contributed by atoms with E-state index in [1.165, 1.54) is 0 Å². The van der Waals surface area contributed by atoms with Crippen LogP contribution in [0.25, 0.3) is 11.3 Å². The molecule has 0 saturated heterocycles. The molecule has 1 N–H and O–H groups in total. The molecule has 0 spiro atoms. The number of rotatable bonds is 4. The van der Waals surface area contributed by atoms with Crippen molar-refractivity contribution in [2.24, 2.45) is 0 Å². The molecule has 126 valence electrons. The fraction of sp³-hybridized carbons (Fsp3) is 0.333. The Balaban J connectivity index is 1.78. The number of nitrogens with zero attached hydrogens (tertiary/aromatic N) is 2. The van der Waals surface area contributed by atoms with Crippen LogP contribution in [0.5, 0.6) is 0 Å². The zero-order chi connectivity index (χ0) is 17.1. The summed E-state index contributed by atoms with van der Waals surface area (Å²) in [4.78, 5) is 14.2. The summed E-state index contributed by atoms with van der Waals surface area (Å²) in [6.45, 7) is 4.56. The summed E-state index contributed by atoms with van der Waals surface area (Å²) < 4.78 is 10.9. The van der Waals surface area contributed by atoms with Crippen molar-refractivity contribution < 1.29 is 14.3 Å². The normalized spacial score (nSPS) is 15.5. The van der Waals surface area contributed by atoms with Gasteiger partial charge in [-0.15, -0.1) is 0 Å². The molecule has 2 aromatic rings. The number of ether oxygens (including phenoxy) is 2. The molecule has 0 saturated carbocycles. The number of benzene rings is 1. The van der Waals surface area contributed by atoms with E-state index in [0.717, 1.165) is 17.0 Å². The van der Waals surface area contributed by atoms with Gasteiger partial charge in [-0.1, -0.05) is 30.3 Å². The van der Waals surface area contributed by atoms with E-state index in [2.05, 4.69) is 10.2 Å². The van der Waals surface area contributed by atoms with Gasteiger partial charge in [-0.3, -0.25) is 9.89 Å². The summed E-state index contributed by atoms with van der Waals surface area (Å²) >= 11 is 0. The molecule has 1 unspecified atom stereocenters. The van der Waals surface area contributed by atoms with Gasteiger partial charge in [0.15, 0.2) is 0 Å². The van der Waals surface area contributed by atoms with Crippen molar-refractivity contribution in [3.8, 4) is 11.3 Å². The van der Waals surface area contributed by atoms with E-state index in [4.69, 9.17) is 9.47 Å². The van der Waals surface area contributed by atoms with Crippen LogP contribution in [0.4, 0.5) is 0 Å². The lowest BCUT2D eigenvalue weighted by Gasteiger charge is -2.27. The van der Waals surface area contributed by atoms with Crippen molar-refractivity contribution >= 4 is 5.91 Å². The highest BCUT2D eigenvalue weighted by molar-refractivity contribution is 5.92. The standard InChI is InChI=1S/C18H21N3O3/c1-12(21(3)18(22)17-13(2)23-9-10-24-17)15-11-16(20-19-15)14-7-5-4-6-8-14/h4-8,11-12H,9-10H2,1-3H3,(H,19,20). The van der Waals surface area contributed by atoms with Gasteiger partial charge in [-0.2, -0.15) is 5.10 Å². The van der Waals surface area contributed by atoms with E-state index in [1.807, 2.05) is 43.3 Å². The molecular formula is C18H21N3O3. The minimum absolute atomic E-state index is 0.173. The molecule has 0 aliphatic carbocycles. The van der Waals surface area contributed by atoms with Crippen molar-refractivity contribution in [3.63, 3.8) is 0 Å². The number of likely N-dealkylation sites (N-methyl/N-ethyl adjacent to an activating group) is 1. The van der Waals surface area contributed by atoms with Crippen LogP contribution in [0.1, 0.15) is 25.6 Å². The molecular weight excluding hydrogens is 306 g/mol. The first-order chi connectivity index (χ1) is 11.6. The summed E-state index contributed by atoms with van der Waals surface area (Å²) in [5.74, 6) is 0.605. The summed E-state index contributed by atoms with van der Waals surface area (Å²) in [6.07, 6.45) is 0. The average Bonchev–Trinajstić information content (AvgIpc) is 3.11. The molecule has 1 aromatic heterocycles. The maximum absolute atomic E-state index is 12.6. The number of aromatic amines is 1. The highest BCUT2D eigenvalue weighted by Crippen LogP contribution is 2.25. The van der Waals surface area contributed by atoms with Crippen LogP contribution in [-0.4, -0.2) is 41.3 Å². The fourth-order valence-corrected chi connectivity index (χ4v) is 2.57. The van der Waals surface area contributed by atoms with Crippen LogP contribution >= 0.6 is 0 Å². The van der Waals surface area contributed by atoms with E-state index >= 15 is 0 Å². The minimum atomic E-state index is -0.199. The molecule has 2 heterocycles. The van der Waals surface area contributed by atoms with E-state index in [-0.39, 0.29) is 17.7 Å². The number of hydrogen-bond acceptors (Lipinski definition) is 4. The van der Waals surface area contributed by atoms with Gasteiger partial charge in [0.25, 0.3) is 5.91 Å². The third-order valence-corrected chi connectivity index (χ3v) is 4.18. The third-order valence-electron chi connectivity index (χ3n) is 4.18. The lowest BCUT2D eigenvalue weighted by Crippen LogP contribution is -2.34. The van der Waals surface area contributed by atoms with Gasteiger partial charge in [0, 0.05) is 12.6 Å². The van der Waals surface area contributed by atoms with E-state index in [1.54, 1.807) is 18.9 Å². The molecule has 6 nitrogen and oxygen atoms in total. The maximum Gasteiger partial charge on any atom is 0.292 e. The summed E-state index contributed by atoms with van der Waals surface area (Å²) in [5.41, 5.74) is 2.74. The number of allylic oxidation sites excluding steroid dienone is 1. The Bertz CT molecular complexity index is 752. The second-order valence-electron chi connectivity index (χ2n) is 5.75. The molecule has 1 aliphatic heterocycles. The number of carbonyl (C=O) groups excluding carboxylic acids is 1. The molecule has 0 fully saturated rings. The topological polar surface area (TPSA) is 67.5 Å². The highest BCUT2D eigenvalue weighted by Gasteiger charge is 2.27. The summed E-state index contributed by atoms with van der Waals surface area (Å²) in [5, 5.41) is 7.37. The number of aromatic nitrogens is 2. The first kappa shape index (κ1) is 16.1. The molecule has 0 radical (unpaired) electrons. The van der Waals surface area contributed by atoms with Crippen molar-refractivity contribution in [2.75, 3.05) is 20.3 Å². The molecule has 1 aromatic carbocycles. The largest absolute Gasteiger partial charge is 0.491 e.